The van der Waals surface area contributed by atoms with Crippen molar-refractivity contribution in [3.63, 3.8) is 0 Å². The summed E-state index contributed by atoms with van der Waals surface area (Å²) in [5.74, 6) is 0.740. The SMILES string of the molecule is COc1ccc(-c2cc(C#N)c(=O)n(C)n2)cc1. The number of ether oxygens (including phenoxy) is 1. The Balaban J connectivity index is 2.54. The minimum atomic E-state index is -0.394. The highest BCUT2D eigenvalue weighted by molar-refractivity contribution is 5.61. The van der Waals surface area contributed by atoms with Crippen LogP contribution in [0.2, 0.25) is 0 Å². The third kappa shape index (κ3) is 2.09. The molecular formula is C13H11N3O2. The largest absolute Gasteiger partial charge is 0.497 e. The number of nitriles is 1. The second-order valence-corrected chi connectivity index (χ2v) is 3.71. The van der Waals surface area contributed by atoms with E-state index in [0.29, 0.717) is 5.69 Å². The predicted molar refractivity (Wildman–Crippen MR) is 66.2 cm³/mol. The molecule has 5 heteroatoms. The molecule has 0 aliphatic rings. The number of aryl methyl sites for hydroxylation is 1. The van der Waals surface area contributed by atoms with Gasteiger partial charge in [0.25, 0.3) is 5.56 Å². The van der Waals surface area contributed by atoms with Crippen LogP contribution in [0.25, 0.3) is 11.3 Å². The zero-order chi connectivity index (χ0) is 13.1. The van der Waals surface area contributed by atoms with Gasteiger partial charge in [0.1, 0.15) is 17.4 Å². The van der Waals surface area contributed by atoms with Crippen molar-refractivity contribution in [3.8, 4) is 23.1 Å². The molecule has 1 aromatic carbocycles. The lowest BCUT2D eigenvalue weighted by Crippen LogP contribution is -2.22. The lowest BCUT2D eigenvalue weighted by atomic mass is 10.1. The van der Waals surface area contributed by atoms with Crippen LogP contribution in [-0.4, -0.2) is 16.9 Å². The Labute approximate surface area is 104 Å². The quantitative estimate of drug-likeness (QED) is 0.795. The van der Waals surface area contributed by atoms with Gasteiger partial charge in [0.15, 0.2) is 0 Å². The summed E-state index contributed by atoms with van der Waals surface area (Å²) in [5.41, 5.74) is 1.09. The maximum absolute atomic E-state index is 11.5. The van der Waals surface area contributed by atoms with E-state index in [-0.39, 0.29) is 5.56 Å². The molecule has 0 bridgehead atoms. The van der Waals surface area contributed by atoms with Gasteiger partial charge in [-0.2, -0.15) is 10.4 Å². The third-order valence-corrected chi connectivity index (χ3v) is 2.57. The topological polar surface area (TPSA) is 67.9 Å². The van der Waals surface area contributed by atoms with Crippen LogP contribution in [0.3, 0.4) is 0 Å². The molecule has 2 aromatic rings. The van der Waals surface area contributed by atoms with E-state index in [0.717, 1.165) is 16.0 Å². The molecule has 5 nitrogen and oxygen atoms in total. The van der Waals surface area contributed by atoms with E-state index in [1.807, 2.05) is 18.2 Å². The van der Waals surface area contributed by atoms with Gasteiger partial charge in [0.2, 0.25) is 0 Å². The normalized spacial score (nSPS) is 9.83. The van der Waals surface area contributed by atoms with Crippen molar-refractivity contribution in [1.82, 2.24) is 9.78 Å². The summed E-state index contributed by atoms with van der Waals surface area (Å²) in [6.07, 6.45) is 0. The zero-order valence-electron chi connectivity index (χ0n) is 10.0. The van der Waals surface area contributed by atoms with Crippen molar-refractivity contribution in [1.29, 1.82) is 5.26 Å². The summed E-state index contributed by atoms with van der Waals surface area (Å²) in [6, 6.07) is 10.6. The lowest BCUT2D eigenvalue weighted by Gasteiger charge is -2.05. The highest BCUT2D eigenvalue weighted by Crippen LogP contribution is 2.20. The van der Waals surface area contributed by atoms with Gasteiger partial charge in [-0.05, 0) is 30.3 Å². The fourth-order valence-corrected chi connectivity index (χ4v) is 1.59. The summed E-state index contributed by atoms with van der Waals surface area (Å²) >= 11 is 0. The first-order chi connectivity index (χ1) is 8.65. The van der Waals surface area contributed by atoms with E-state index >= 15 is 0 Å². The number of benzene rings is 1. The molecule has 0 atom stereocenters. The second-order valence-electron chi connectivity index (χ2n) is 3.71. The third-order valence-electron chi connectivity index (χ3n) is 2.57. The highest BCUT2D eigenvalue weighted by Gasteiger charge is 2.07. The number of aromatic nitrogens is 2. The molecule has 2 rings (SSSR count). The molecule has 0 aliphatic carbocycles. The first-order valence-electron chi connectivity index (χ1n) is 5.28. The minimum absolute atomic E-state index is 0.0818. The number of hydrogen-bond acceptors (Lipinski definition) is 4. The van der Waals surface area contributed by atoms with Crippen molar-refractivity contribution >= 4 is 0 Å². The average molecular weight is 241 g/mol. The van der Waals surface area contributed by atoms with Crippen LogP contribution in [0.15, 0.2) is 35.1 Å². The molecule has 0 saturated carbocycles. The van der Waals surface area contributed by atoms with E-state index in [4.69, 9.17) is 10.00 Å². The molecule has 1 heterocycles. The van der Waals surface area contributed by atoms with E-state index < -0.39 is 5.56 Å². The molecule has 0 spiro atoms. The first-order valence-corrected chi connectivity index (χ1v) is 5.28. The van der Waals surface area contributed by atoms with Crippen LogP contribution < -0.4 is 10.3 Å². The zero-order valence-corrected chi connectivity index (χ0v) is 10.0. The van der Waals surface area contributed by atoms with Crippen LogP contribution in [0, 0.1) is 11.3 Å². The first kappa shape index (κ1) is 11.9. The summed E-state index contributed by atoms with van der Waals surface area (Å²) in [4.78, 5) is 11.5. The minimum Gasteiger partial charge on any atom is -0.497 e. The Morgan fingerprint density at radius 2 is 2.00 bits per heavy atom. The molecule has 1 aromatic heterocycles. The van der Waals surface area contributed by atoms with E-state index in [2.05, 4.69) is 5.10 Å². The second kappa shape index (κ2) is 4.72. The number of rotatable bonds is 2. The van der Waals surface area contributed by atoms with Gasteiger partial charge in [-0.25, -0.2) is 4.68 Å². The highest BCUT2D eigenvalue weighted by atomic mass is 16.5. The van der Waals surface area contributed by atoms with Crippen LogP contribution in [0.5, 0.6) is 5.75 Å². The Hall–Kier alpha value is -2.61. The molecule has 0 saturated heterocycles. The average Bonchev–Trinajstić information content (AvgIpc) is 2.42. The van der Waals surface area contributed by atoms with Gasteiger partial charge in [-0.1, -0.05) is 0 Å². The van der Waals surface area contributed by atoms with Crippen LogP contribution in [0.1, 0.15) is 5.56 Å². The number of nitrogens with zero attached hydrogens (tertiary/aromatic N) is 3. The summed E-state index contributed by atoms with van der Waals surface area (Å²) in [6.45, 7) is 0. The van der Waals surface area contributed by atoms with Crippen LogP contribution in [-0.2, 0) is 7.05 Å². The predicted octanol–water partition coefficient (Wildman–Crippen LogP) is 1.33. The molecule has 0 N–H and O–H groups in total. The van der Waals surface area contributed by atoms with Gasteiger partial charge >= 0.3 is 0 Å². The molecular weight excluding hydrogens is 230 g/mol. The van der Waals surface area contributed by atoms with E-state index in [1.54, 1.807) is 19.2 Å². The van der Waals surface area contributed by atoms with Gasteiger partial charge in [-0.15, -0.1) is 0 Å². The molecule has 18 heavy (non-hydrogen) atoms. The number of hydrogen-bond donors (Lipinski definition) is 0. The maximum Gasteiger partial charge on any atom is 0.284 e. The fourth-order valence-electron chi connectivity index (χ4n) is 1.59. The van der Waals surface area contributed by atoms with Gasteiger partial charge in [-0.3, -0.25) is 4.79 Å². The van der Waals surface area contributed by atoms with Crippen molar-refractivity contribution in [3.05, 3.63) is 46.2 Å². The smallest absolute Gasteiger partial charge is 0.284 e. The van der Waals surface area contributed by atoms with Gasteiger partial charge in [0, 0.05) is 12.6 Å². The number of methoxy groups -OCH3 is 1. The van der Waals surface area contributed by atoms with Crippen molar-refractivity contribution < 1.29 is 4.74 Å². The molecule has 90 valence electrons. The Bertz CT molecular complexity index is 666. The van der Waals surface area contributed by atoms with Crippen LogP contribution >= 0.6 is 0 Å². The molecule has 0 aliphatic heterocycles. The molecule has 0 unspecified atom stereocenters. The maximum atomic E-state index is 11.5. The Kier molecular flexibility index (Phi) is 3.11. The van der Waals surface area contributed by atoms with Crippen molar-refractivity contribution in [2.24, 2.45) is 7.05 Å². The summed E-state index contributed by atoms with van der Waals surface area (Å²) in [7, 11) is 3.11. The van der Waals surface area contributed by atoms with E-state index in [9.17, 15) is 4.79 Å². The standard InChI is InChI=1S/C13H11N3O2/c1-16-13(17)10(8-14)7-12(15-16)9-3-5-11(18-2)6-4-9/h3-7H,1-2H3. The van der Waals surface area contributed by atoms with Gasteiger partial charge in [0.05, 0.1) is 12.8 Å². The summed E-state index contributed by atoms with van der Waals surface area (Å²) < 4.78 is 6.23. The fraction of sp³-hybridized carbons (Fsp3) is 0.154. The molecule has 0 amide bonds. The van der Waals surface area contributed by atoms with E-state index in [1.165, 1.54) is 13.1 Å². The monoisotopic (exact) mass is 241 g/mol. The van der Waals surface area contributed by atoms with Crippen molar-refractivity contribution in [2.75, 3.05) is 7.11 Å². The van der Waals surface area contributed by atoms with Gasteiger partial charge < -0.3 is 4.74 Å². The molecule has 0 radical (unpaired) electrons. The molecule has 0 fully saturated rings. The lowest BCUT2D eigenvalue weighted by molar-refractivity contribution is 0.415. The Morgan fingerprint density at radius 3 is 2.56 bits per heavy atom. The Morgan fingerprint density at radius 1 is 1.33 bits per heavy atom. The van der Waals surface area contributed by atoms with Crippen molar-refractivity contribution in [2.45, 2.75) is 0 Å². The summed E-state index contributed by atoms with van der Waals surface area (Å²) in [5, 5.41) is 13.0. The van der Waals surface area contributed by atoms with Crippen LogP contribution in [0.4, 0.5) is 0 Å².